The second-order valence-electron chi connectivity index (χ2n) is 3.25. The van der Waals surface area contributed by atoms with E-state index in [4.69, 9.17) is 22.6 Å². The fourth-order valence-electron chi connectivity index (χ4n) is 1.23. The zero-order valence-corrected chi connectivity index (χ0v) is 10.8. The average Bonchev–Trinajstić information content (AvgIpc) is 3.07. The van der Waals surface area contributed by atoms with Crippen molar-refractivity contribution in [3.63, 3.8) is 0 Å². The van der Waals surface area contributed by atoms with Crippen LogP contribution in [-0.4, -0.2) is 15.3 Å². The van der Waals surface area contributed by atoms with Crippen molar-refractivity contribution in [3.05, 3.63) is 24.5 Å². The summed E-state index contributed by atoms with van der Waals surface area (Å²) in [5.41, 5.74) is 0.00892. The molecule has 102 valence electrons. The van der Waals surface area contributed by atoms with Crippen LogP contribution in [0, 0.1) is 0 Å². The largest absolute Gasteiger partial charge is 0.475 e. The van der Waals surface area contributed by atoms with Gasteiger partial charge in [0.2, 0.25) is 0 Å². The number of aryl methyl sites for hydroxylation is 1. The first-order valence-corrected chi connectivity index (χ1v) is 5.93. The van der Waals surface area contributed by atoms with Crippen LogP contribution in [0.15, 0.2) is 24.5 Å². The van der Waals surface area contributed by atoms with Gasteiger partial charge in [0.1, 0.15) is 11.1 Å². The average molecular weight is 291 g/mol. The molecule has 0 aromatic carbocycles. The van der Waals surface area contributed by atoms with Crippen molar-refractivity contribution < 1.29 is 27.1 Å². The lowest BCUT2D eigenvalue weighted by atomic mass is 10.2. The van der Waals surface area contributed by atoms with Gasteiger partial charge in [-0.1, -0.05) is 26.0 Å². The molecule has 5 heteroatoms. The molecule has 0 aliphatic heterocycles. The Balaban J connectivity index is 2.47. The number of aromatic nitrogens is 3. The quantitative estimate of drug-likeness (QED) is 0.736. The van der Waals surface area contributed by atoms with Crippen LogP contribution in [0.2, 0.25) is 0 Å². The summed E-state index contributed by atoms with van der Waals surface area (Å²) in [5.74, 6) is -0.567. The summed E-state index contributed by atoms with van der Waals surface area (Å²) < 4.78 is 115. The van der Waals surface area contributed by atoms with Crippen LogP contribution in [0.25, 0.3) is 11.3 Å². The second-order valence-corrected chi connectivity index (χ2v) is 3.78. The summed E-state index contributed by atoms with van der Waals surface area (Å²) in [6, 6.07) is 2.81. The Bertz CT molecular complexity index is 967. The highest BCUT2D eigenvalue weighted by Gasteiger charge is 2.14. The predicted octanol–water partition coefficient (Wildman–Crippen LogP) is 2.99. The minimum Gasteiger partial charge on any atom is -0.475 e. The summed E-state index contributed by atoms with van der Waals surface area (Å²) in [4.78, 5) is 0. The Morgan fingerprint density at radius 1 is 1.42 bits per heavy atom. The summed E-state index contributed by atoms with van der Waals surface area (Å²) in [6.07, 6.45) is -11.3. The number of nitrogens with zero attached hydrogens (tertiary/aromatic N) is 3. The maximum absolute atomic E-state index is 8.03. The number of hydrogen-bond donors (Lipinski definition) is 0. The highest BCUT2D eigenvalue weighted by Crippen LogP contribution is 2.26. The van der Waals surface area contributed by atoms with Gasteiger partial charge in [-0.3, -0.25) is 0 Å². The van der Waals surface area contributed by atoms with Gasteiger partial charge in [0, 0.05) is 17.0 Å². The maximum atomic E-state index is 8.03. The van der Waals surface area contributed by atoms with Crippen molar-refractivity contribution in [2.45, 2.75) is 32.4 Å². The molecule has 0 amide bonds. The molecule has 0 N–H and O–H groups in total. The normalized spacial score (nSPS) is 25.2. The molecule has 2 rings (SSSR count). The first-order chi connectivity index (χ1) is 14.2. The maximum Gasteiger partial charge on any atom is 0.254 e. The molecular formula is C14H20N3OS+. The van der Waals surface area contributed by atoms with Gasteiger partial charge in [-0.2, -0.15) is 4.37 Å². The van der Waals surface area contributed by atoms with Gasteiger partial charge >= 0.3 is 0 Å². The van der Waals surface area contributed by atoms with Gasteiger partial charge in [0.25, 0.3) is 5.88 Å². The van der Waals surface area contributed by atoms with E-state index < -0.39 is 44.9 Å². The van der Waals surface area contributed by atoms with Crippen LogP contribution in [0.4, 0.5) is 0 Å². The lowest BCUT2D eigenvalue weighted by molar-refractivity contribution is -0.671. The molecule has 0 bridgehead atoms. The number of rotatable bonds is 7. The van der Waals surface area contributed by atoms with Gasteiger partial charge in [-0.05, 0) is 12.4 Å². The highest BCUT2D eigenvalue weighted by atomic mass is 32.1. The third-order valence-corrected chi connectivity index (χ3v) is 2.49. The topological polar surface area (TPSA) is 38.9 Å². The molecular weight excluding hydrogens is 258 g/mol. The molecule has 0 fully saturated rings. The first-order valence-electron chi connectivity index (χ1n) is 11.7. The van der Waals surface area contributed by atoms with Crippen molar-refractivity contribution in [2.75, 3.05) is 6.56 Å². The van der Waals surface area contributed by atoms with E-state index in [2.05, 4.69) is 8.75 Å². The van der Waals surface area contributed by atoms with Gasteiger partial charge in [0.05, 0.1) is 26.6 Å². The Morgan fingerprint density at radius 2 is 2.37 bits per heavy atom. The Labute approximate surface area is 136 Å². The van der Waals surface area contributed by atoms with Gasteiger partial charge < -0.3 is 4.74 Å². The van der Waals surface area contributed by atoms with Crippen molar-refractivity contribution in [3.8, 4) is 17.1 Å². The van der Waals surface area contributed by atoms with Crippen LogP contribution in [0.3, 0.4) is 0 Å². The molecule has 0 radical (unpaired) electrons. The molecule has 2 heterocycles. The van der Waals surface area contributed by atoms with Crippen molar-refractivity contribution in [2.24, 2.45) is 6.98 Å². The van der Waals surface area contributed by atoms with Gasteiger partial charge in [0.15, 0.2) is 18.1 Å². The summed E-state index contributed by atoms with van der Waals surface area (Å²) in [5, 5.41) is 0. The van der Waals surface area contributed by atoms with Gasteiger partial charge in [-0.15, -0.1) is 4.37 Å². The third kappa shape index (κ3) is 3.99. The lowest BCUT2D eigenvalue weighted by Gasteiger charge is -2.04. The molecule has 0 spiro atoms. The zero-order chi connectivity index (χ0) is 25.0. The van der Waals surface area contributed by atoms with E-state index >= 15 is 0 Å². The van der Waals surface area contributed by atoms with E-state index in [9.17, 15) is 0 Å². The van der Waals surface area contributed by atoms with Crippen LogP contribution in [0.5, 0.6) is 5.88 Å². The highest BCUT2D eigenvalue weighted by molar-refractivity contribution is 6.99. The molecule has 0 aliphatic carbocycles. The van der Waals surface area contributed by atoms with Crippen LogP contribution >= 0.6 is 11.7 Å². The summed E-state index contributed by atoms with van der Waals surface area (Å²) in [6.45, 7) is -5.34. The van der Waals surface area contributed by atoms with E-state index in [0.29, 0.717) is 11.7 Å². The predicted molar refractivity (Wildman–Crippen MR) is 76.2 cm³/mol. The van der Waals surface area contributed by atoms with E-state index in [1.807, 2.05) is 0 Å². The zero-order valence-electron chi connectivity index (χ0n) is 23.0. The van der Waals surface area contributed by atoms with E-state index in [1.54, 1.807) is 0 Å². The summed E-state index contributed by atoms with van der Waals surface area (Å²) >= 11 is 0.551. The van der Waals surface area contributed by atoms with E-state index in [0.717, 1.165) is 11.5 Å². The minimum absolute atomic E-state index is 0.136. The van der Waals surface area contributed by atoms with Crippen LogP contribution in [0.1, 0.15) is 50.2 Å². The molecule has 0 aliphatic rings. The molecule has 0 unspecified atom stereocenters. The summed E-state index contributed by atoms with van der Waals surface area (Å²) in [7, 11) is 0. The number of ether oxygens (including phenoxy) is 1. The third-order valence-electron chi connectivity index (χ3n) is 1.98. The smallest absolute Gasteiger partial charge is 0.254 e. The lowest BCUT2D eigenvalue weighted by Crippen LogP contribution is -2.26. The molecule has 4 nitrogen and oxygen atoms in total. The van der Waals surface area contributed by atoms with Crippen LogP contribution < -0.4 is 9.30 Å². The molecule has 19 heavy (non-hydrogen) atoms. The number of hydrogen-bond acceptors (Lipinski definition) is 4. The molecule has 0 saturated heterocycles. The molecule has 0 atom stereocenters. The van der Waals surface area contributed by atoms with E-state index in [1.165, 1.54) is 24.5 Å². The Hall–Kier alpha value is -1.49. The van der Waals surface area contributed by atoms with Crippen molar-refractivity contribution in [1.82, 2.24) is 8.75 Å². The standard InChI is InChI=1S/C14H20N3OS/c1-3-4-5-6-10-18-14-13(15-19-16-14)12-8-7-9-17(2)11-12/h7-9,11H,3-6,10H2,1-2H3/q+1/i2D3,3D2,4D2,5D2,6D2,10D2. The molecule has 2 aromatic rings. The van der Waals surface area contributed by atoms with Crippen molar-refractivity contribution >= 4 is 11.7 Å². The van der Waals surface area contributed by atoms with E-state index in [-0.39, 0.29) is 11.3 Å². The second kappa shape index (κ2) is 7.19. The van der Waals surface area contributed by atoms with Crippen molar-refractivity contribution in [1.29, 1.82) is 0 Å². The monoisotopic (exact) mass is 291 g/mol. The number of pyridine rings is 1. The fraction of sp³-hybridized carbons (Fsp3) is 0.500. The SMILES string of the molecule is [2H]C([2H])([2H])[n+]1cccc(-c2nsnc2OC([2H])([2H])C([2H])([2H])C([2H])([2H])C([2H])([2H])C([2H])([2H])C)c1. The minimum atomic E-state index is -3.71. The molecule has 2 aromatic heterocycles. The fourth-order valence-corrected chi connectivity index (χ4v) is 1.74. The van der Waals surface area contributed by atoms with Crippen LogP contribution in [-0.2, 0) is 6.98 Å². The first kappa shape index (κ1) is 4.81. The molecule has 0 saturated carbocycles. The Kier molecular flexibility index (Phi) is 1.82. The Morgan fingerprint density at radius 3 is 3.21 bits per heavy atom. The van der Waals surface area contributed by atoms with Gasteiger partial charge in [-0.25, -0.2) is 4.57 Å².